The van der Waals surface area contributed by atoms with E-state index >= 15 is 9.59 Å². The molecular weight excluding hydrogens is 1060 g/mol. The van der Waals surface area contributed by atoms with E-state index in [-0.39, 0.29) is 48.3 Å². The van der Waals surface area contributed by atoms with Crippen LogP contribution in [0.1, 0.15) is 67.3 Å². The van der Waals surface area contributed by atoms with Gasteiger partial charge in [-0.15, -0.1) is 5.10 Å². The van der Waals surface area contributed by atoms with Crippen molar-refractivity contribution in [1.29, 1.82) is 0 Å². The number of ether oxygens (including phenoxy) is 2. The minimum atomic E-state index is -2.60. The molecule has 16 nitrogen and oxygen atoms in total. The highest BCUT2D eigenvalue weighted by Gasteiger charge is 2.67. The Morgan fingerprint density at radius 3 is 1.83 bits per heavy atom. The molecule has 5 atom stereocenters. The van der Waals surface area contributed by atoms with Crippen molar-refractivity contribution in [1.82, 2.24) is 25.6 Å². The van der Waals surface area contributed by atoms with E-state index in [2.05, 4.69) is 99.3 Å². The minimum Gasteiger partial charge on any atom is -0.497 e. The predicted molar refractivity (Wildman–Crippen MR) is 326 cm³/mol. The Balaban J connectivity index is 0.897. The Morgan fingerprint density at radius 1 is 0.687 bits per heavy atom. The number of fused-ring (bicyclic) bond motifs is 2. The van der Waals surface area contributed by atoms with Crippen molar-refractivity contribution in [2.75, 3.05) is 77.7 Å². The molecule has 1 unspecified atom stereocenters. The third-order valence-corrected chi connectivity index (χ3v) is 23.9. The molecule has 7 heterocycles. The number of aromatic nitrogens is 3. The second kappa shape index (κ2) is 21.8. The number of hydrogen-bond donors (Lipinski definition) is 3. The molecule has 7 aromatic rings. The van der Waals surface area contributed by atoms with Crippen molar-refractivity contribution in [3.05, 3.63) is 186 Å². The quantitative estimate of drug-likeness (QED) is 0.0848. The Labute approximate surface area is 487 Å². The summed E-state index contributed by atoms with van der Waals surface area (Å²) in [5.41, 5.74) is 4.56. The first-order valence-corrected chi connectivity index (χ1v) is 32.6. The average Bonchev–Trinajstić information content (AvgIpc) is 2.71. The third kappa shape index (κ3) is 9.13. The zero-order chi connectivity index (χ0) is 57.1. The highest BCUT2D eigenvalue weighted by Crippen LogP contribution is 2.61. The van der Waals surface area contributed by atoms with Gasteiger partial charge in [0, 0.05) is 47.0 Å². The van der Waals surface area contributed by atoms with Crippen LogP contribution in [0.15, 0.2) is 164 Å². The molecule has 1 aromatic heterocycles. The zero-order valence-electron chi connectivity index (χ0n) is 47.9. The van der Waals surface area contributed by atoms with Crippen molar-refractivity contribution in [2.45, 2.75) is 99.5 Å². The summed E-state index contributed by atoms with van der Waals surface area (Å²) >= 11 is 0. The second-order valence-electron chi connectivity index (χ2n) is 24.1. The number of aliphatic hydroxyl groups is 1. The third-order valence-electron chi connectivity index (χ3n) is 19.5. The summed E-state index contributed by atoms with van der Waals surface area (Å²) in [7, 11) is -0.922. The lowest BCUT2D eigenvalue weighted by Gasteiger charge is -2.39. The number of para-hydroxylation sites is 2. The number of anilines is 5. The zero-order valence-corrected chi connectivity index (χ0v) is 48.9. The van der Waals surface area contributed by atoms with Gasteiger partial charge in [0.1, 0.15) is 16.8 Å². The second-order valence-corrected chi connectivity index (χ2v) is 28.8. The molecule has 83 heavy (non-hydrogen) atoms. The van der Waals surface area contributed by atoms with Gasteiger partial charge in [0.15, 0.2) is 5.60 Å². The lowest BCUT2D eigenvalue weighted by atomic mass is 9.82. The van der Waals surface area contributed by atoms with Gasteiger partial charge in [0.2, 0.25) is 0 Å². The molecule has 5 fully saturated rings. The molecule has 3 spiro atoms. The fraction of sp³-hybridized carbons (Fsp3) is 0.379. The number of hydrogen-bond acceptors (Lipinski definition) is 12. The first-order valence-electron chi connectivity index (χ1n) is 29.5. The SMILES string of the molecule is COc1ccc([Si](C)(C)[C@H]2[C@H](CCn3cc(C(CO)c4ccccc4)nn3)O[C@@]3(C(=O)N(Cc4cccc(N5CN(c6ccccc6)C6(CCNCC6)C5=O)c4)c4ccc(N5CN(c6ccccc6)C6(CCNCC6)C5=O)cc43)[C@@H]2C)cc1. The normalized spacial score (nSPS) is 23.3. The molecule has 17 heteroatoms. The van der Waals surface area contributed by atoms with E-state index < -0.39 is 30.9 Å². The van der Waals surface area contributed by atoms with Crippen LogP contribution in [0.5, 0.6) is 5.75 Å². The van der Waals surface area contributed by atoms with Gasteiger partial charge in [0.25, 0.3) is 17.7 Å². The van der Waals surface area contributed by atoms with Gasteiger partial charge in [-0.2, -0.15) is 0 Å². The van der Waals surface area contributed by atoms with Gasteiger partial charge >= 0.3 is 0 Å². The fourth-order valence-electron chi connectivity index (χ4n) is 15.1. The van der Waals surface area contributed by atoms with E-state index in [0.29, 0.717) is 57.7 Å². The summed E-state index contributed by atoms with van der Waals surface area (Å²) < 4.78 is 15.3. The minimum absolute atomic E-state index is 0.0514. The number of carbonyl (C=O) groups is 3. The number of amides is 3. The van der Waals surface area contributed by atoms with Crippen LogP contribution in [0.25, 0.3) is 0 Å². The van der Waals surface area contributed by atoms with Crippen molar-refractivity contribution < 1.29 is 29.0 Å². The van der Waals surface area contributed by atoms with Crippen LogP contribution >= 0.6 is 0 Å². The summed E-state index contributed by atoms with van der Waals surface area (Å²) in [5, 5.41) is 28.0. The Bertz CT molecular complexity index is 3500. The molecule has 6 aromatic carbocycles. The maximum atomic E-state index is 16.5. The standard InChI is InChI=1S/C66H74N10O6Si/c1-46-60(83(3,4)54-26-24-53(81-2)25-27-54)59(29-38-71-42-57(69-70-71)55(43-77)48-16-8-5-9-17-48)82-66(46)56-40-52(74-45-76(50-20-12-7-13-21-50)65(62(74)79)32-36-68-37-33-65)23-28-58(56)72(63(66)80)41-47-15-14-22-51(39-47)73-44-75(49-18-10-6-11-19-49)64(61(73)78)30-34-67-35-31-64/h5-28,39-40,42,46,55,59-60,67-68,77H,29-38,41,43-45H2,1-4H3/t46-,55?,59+,60-,66+/m1/s1. The number of nitrogens with zero attached hydrogens (tertiary/aromatic N) is 8. The predicted octanol–water partition coefficient (Wildman–Crippen LogP) is 8.13. The van der Waals surface area contributed by atoms with E-state index in [0.717, 1.165) is 77.1 Å². The Hall–Kier alpha value is -7.67. The largest absolute Gasteiger partial charge is 0.497 e. The molecule has 3 N–H and O–H groups in total. The molecule has 0 bridgehead atoms. The van der Waals surface area contributed by atoms with Crippen molar-refractivity contribution >= 4 is 59.4 Å². The molecule has 0 aliphatic carbocycles. The number of nitrogens with one attached hydrogen (secondary N) is 2. The highest BCUT2D eigenvalue weighted by molar-refractivity contribution is 6.91. The Kier molecular flexibility index (Phi) is 14.3. The molecule has 428 valence electrons. The molecule has 0 radical (unpaired) electrons. The van der Waals surface area contributed by atoms with Gasteiger partial charge < -0.3 is 39.9 Å². The lowest BCUT2D eigenvalue weighted by molar-refractivity contribution is -0.146. The molecular formula is C66H74N10O6Si. The molecule has 6 aliphatic rings. The Morgan fingerprint density at radius 2 is 1.25 bits per heavy atom. The maximum Gasteiger partial charge on any atom is 0.264 e. The van der Waals surface area contributed by atoms with Gasteiger partial charge in [0.05, 0.1) is 65.1 Å². The first kappa shape index (κ1) is 54.6. The van der Waals surface area contributed by atoms with Crippen LogP contribution in [-0.4, -0.2) is 116 Å². The lowest BCUT2D eigenvalue weighted by Crippen LogP contribution is -2.55. The number of methoxy groups -OCH3 is 1. The smallest absolute Gasteiger partial charge is 0.264 e. The summed E-state index contributed by atoms with van der Waals surface area (Å²) in [6.07, 6.45) is 4.76. The van der Waals surface area contributed by atoms with E-state index in [1.807, 2.05) is 135 Å². The van der Waals surface area contributed by atoms with Crippen molar-refractivity contribution in [3.8, 4) is 5.75 Å². The van der Waals surface area contributed by atoms with Crippen molar-refractivity contribution in [3.63, 3.8) is 0 Å². The van der Waals surface area contributed by atoms with E-state index in [9.17, 15) is 9.90 Å². The van der Waals surface area contributed by atoms with Gasteiger partial charge in [-0.05, 0) is 142 Å². The molecule has 13 rings (SSSR count). The van der Waals surface area contributed by atoms with Gasteiger partial charge in [-0.25, -0.2) is 0 Å². The summed E-state index contributed by atoms with van der Waals surface area (Å²) in [5.74, 6) is 0.0847. The van der Waals surface area contributed by atoms with Crippen LogP contribution in [0.3, 0.4) is 0 Å². The van der Waals surface area contributed by atoms with Crippen molar-refractivity contribution in [2.24, 2.45) is 5.92 Å². The van der Waals surface area contributed by atoms with Crippen LogP contribution < -0.4 is 45.1 Å². The molecule has 5 saturated heterocycles. The molecule has 3 amide bonds. The molecule has 6 aliphatic heterocycles. The number of piperidine rings is 2. The van der Waals surface area contributed by atoms with Crippen LogP contribution in [0.2, 0.25) is 18.6 Å². The van der Waals surface area contributed by atoms with Crippen LogP contribution in [-0.2, 0) is 37.8 Å². The summed E-state index contributed by atoms with van der Waals surface area (Å²) in [6.45, 7) is 11.3. The van der Waals surface area contributed by atoms with Gasteiger partial charge in [-0.3, -0.25) is 28.9 Å². The average molecular weight is 1130 g/mol. The van der Waals surface area contributed by atoms with E-state index in [1.54, 1.807) is 7.11 Å². The first-order chi connectivity index (χ1) is 40.4. The summed E-state index contributed by atoms with van der Waals surface area (Å²) in [4.78, 5) is 57.1. The van der Waals surface area contributed by atoms with E-state index in [1.165, 1.54) is 5.19 Å². The van der Waals surface area contributed by atoms with Crippen LogP contribution in [0.4, 0.5) is 28.4 Å². The fourth-order valence-corrected chi connectivity index (χ4v) is 19.2. The maximum absolute atomic E-state index is 16.5. The monoisotopic (exact) mass is 1130 g/mol. The van der Waals surface area contributed by atoms with Gasteiger partial charge in [-0.1, -0.05) is 121 Å². The number of aryl methyl sites for hydroxylation is 1. The highest BCUT2D eigenvalue weighted by atomic mass is 28.3. The molecule has 0 saturated carbocycles. The number of carbonyl (C=O) groups excluding carboxylic acids is 3. The number of benzene rings is 6. The topological polar surface area (TPSA) is 161 Å². The van der Waals surface area contributed by atoms with E-state index in [4.69, 9.17) is 9.47 Å². The summed E-state index contributed by atoms with van der Waals surface area (Å²) in [6, 6.07) is 53.0. The number of rotatable bonds is 15. The number of aliphatic hydroxyl groups excluding tert-OH is 1. The van der Waals surface area contributed by atoms with Crippen LogP contribution in [0, 0.1) is 5.92 Å².